The molecule has 3 nitrogen and oxygen atoms in total. The summed E-state index contributed by atoms with van der Waals surface area (Å²) in [4.78, 5) is 0. The second-order valence-corrected chi connectivity index (χ2v) is 7.49. The van der Waals surface area contributed by atoms with E-state index in [9.17, 15) is 8.42 Å². The normalized spacial score (nSPS) is 19.4. The van der Waals surface area contributed by atoms with Crippen molar-refractivity contribution in [3.63, 3.8) is 0 Å². The maximum Gasteiger partial charge on any atom is 0.264 e. The Kier molecular flexibility index (Phi) is 2.99. The van der Waals surface area contributed by atoms with Gasteiger partial charge in [0.1, 0.15) is 0 Å². The zero-order valence-corrected chi connectivity index (χ0v) is 13.1. The summed E-state index contributed by atoms with van der Waals surface area (Å²) in [6.45, 7) is 0. The fraction of sp³-hybridized carbons (Fsp3) is 0.222. The van der Waals surface area contributed by atoms with Crippen molar-refractivity contribution in [3.05, 3.63) is 51.9 Å². The number of allylic oxidation sites excluding steroid dienone is 1. The average Bonchev–Trinajstić information content (AvgIpc) is 2.93. The number of hydrogen-bond donors (Lipinski definition) is 0. The van der Waals surface area contributed by atoms with Gasteiger partial charge in [0.2, 0.25) is 0 Å². The van der Waals surface area contributed by atoms with Crippen LogP contribution in [0.1, 0.15) is 17.5 Å². The summed E-state index contributed by atoms with van der Waals surface area (Å²) in [5.41, 5.74) is 2.42. The summed E-state index contributed by atoms with van der Waals surface area (Å²) in [6.07, 6.45) is 10.4. The Balaban J connectivity index is 1.88. The minimum Gasteiger partial charge on any atom is -0.266 e. The molecule has 0 amide bonds. The topological polar surface area (TPSA) is 43.4 Å². The molecule has 0 aromatic heterocycles. The van der Waals surface area contributed by atoms with Gasteiger partial charge in [-0.05, 0) is 38.8 Å². The molecule has 0 fully saturated rings. The molecule has 0 saturated carbocycles. The van der Waals surface area contributed by atoms with Crippen molar-refractivity contribution >= 4 is 39.1 Å². The van der Waals surface area contributed by atoms with Crippen molar-refractivity contribution in [2.45, 2.75) is 18.9 Å². The Morgan fingerprint density at radius 1 is 1.09 bits per heavy atom. The van der Waals surface area contributed by atoms with Gasteiger partial charge < -0.3 is 0 Å². The molecule has 0 spiro atoms. The van der Waals surface area contributed by atoms with Crippen molar-refractivity contribution in [2.24, 2.45) is 0 Å². The predicted octanol–water partition coefficient (Wildman–Crippen LogP) is 1.72. The molecule has 22 heavy (non-hydrogen) atoms. The molecule has 2 aromatic carbocycles. The number of hydrogen-bond acceptors (Lipinski definition) is 3. The molecule has 4 rings (SSSR count). The summed E-state index contributed by atoms with van der Waals surface area (Å²) >= 11 is 0. The van der Waals surface area contributed by atoms with Crippen molar-refractivity contribution in [1.82, 2.24) is 0 Å². The molecule has 0 aliphatic heterocycles. The van der Waals surface area contributed by atoms with E-state index in [0.717, 1.165) is 6.26 Å². The molecule has 2 aromatic rings. The minimum absolute atomic E-state index is 0.302. The first kappa shape index (κ1) is 13.7. The van der Waals surface area contributed by atoms with Gasteiger partial charge in [-0.15, -0.1) is 0 Å². The highest BCUT2D eigenvalue weighted by molar-refractivity contribution is 7.86. The van der Waals surface area contributed by atoms with Gasteiger partial charge in [-0.3, -0.25) is 4.18 Å². The Bertz CT molecular complexity index is 1030. The fourth-order valence-electron chi connectivity index (χ4n) is 3.41. The highest BCUT2D eigenvalue weighted by Gasteiger charge is 2.21. The Morgan fingerprint density at radius 3 is 2.68 bits per heavy atom. The van der Waals surface area contributed by atoms with Crippen LogP contribution in [0.25, 0.3) is 29.0 Å². The zero-order chi connectivity index (χ0) is 15.3. The van der Waals surface area contributed by atoms with Crippen LogP contribution in [-0.2, 0) is 20.7 Å². The summed E-state index contributed by atoms with van der Waals surface area (Å²) in [5, 5.41) is 4.83. The minimum atomic E-state index is -3.43. The molecule has 4 heteroatoms. The van der Waals surface area contributed by atoms with Gasteiger partial charge in [-0.2, -0.15) is 8.42 Å². The summed E-state index contributed by atoms with van der Waals surface area (Å²) in [6, 6.07) is 8.54. The van der Waals surface area contributed by atoms with E-state index < -0.39 is 10.1 Å². The van der Waals surface area contributed by atoms with Crippen LogP contribution in [0, 0.1) is 0 Å². The Hall–Kier alpha value is -1.91. The molecule has 0 heterocycles. The van der Waals surface area contributed by atoms with Gasteiger partial charge in [0.05, 0.1) is 12.4 Å². The van der Waals surface area contributed by atoms with Gasteiger partial charge in [0.25, 0.3) is 10.1 Å². The smallest absolute Gasteiger partial charge is 0.264 e. The second-order valence-electron chi connectivity index (χ2n) is 5.89. The lowest BCUT2D eigenvalue weighted by Gasteiger charge is -2.21. The van der Waals surface area contributed by atoms with Crippen LogP contribution >= 0.6 is 0 Å². The van der Waals surface area contributed by atoms with Crippen LogP contribution in [0.2, 0.25) is 0 Å². The molecule has 1 atom stereocenters. The Labute approximate surface area is 129 Å². The van der Waals surface area contributed by atoms with E-state index in [1.54, 1.807) is 0 Å². The van der Waals surface area contributed by atoms with Gasteiger partial charge in [0.15, 0.2) is 0 Å². The quantitative estimate of drug-likeness (QED) is 0.793. The average molecular weight is 312 g/mol. The van der Waals surface area contributed by atoms with E-state index in [4.69, 9.17) is 4.18 Å². The molecule has 1 unspecified atom stereocenters. The molecule has 2 aliphatic rings. The number of rotatable bonds is 2. The molecule has 0 radical (unpaired) electrons. The number of fused-ring (bicyclic) bond motifs is 5. The third-order valence-corrected chi connectivity index (χ3v) is 4.93. The molecule has 0 bridgehead atoms. The second kappa shape index (κ2) is 4.80. The van der Waals surface area contributed by atoms with Crippen molar-refractivity contribution < 1.29 is 12.6 Å². The summed E-state index contributed by atoms with van der Waals surface area (Å²) in [5.74, 6) is 0. The highest BCUT2D eigenvalue weighted by atomic mass is 32.2. The van der Waals surface area contributed by atoms with Gasteiger partial charge in [-0.1, -0.05) is 48.6 Å². The predicted molar refractivity (Wildman–Crippen MR) is 89.2 cm³/mol. The number of benzene rings is 2. The van der Waals surface area contributed by atoms with E-state index in [0.29, 0.717) is 12.8 Å². The summed E-state index contributed by atoms with van der Waals surface area (Å²) in [7, 11) is -3.43. The lowest BCUT2D eigenvalue weighted by atomic mass is 9.90. The molecular weight excluding hydrogens is 296 g/mol. The van der Waals surface area contributed by atoms with Gasteiger partial charge in [0, 0.05) is 6.42 Å². The maximum absolute atomic E-state index is 11.4. The van der Waals surface area contributed by atoms with Crippen molar-refractivity contribution in [2.75, 3.05) is 6.26 Å². The van der Waals surface area contributed by atoms with Crippen LogP contribution < -0.4 is 10.4 Å². The first-order valence-electron chi connectivity index (χ1n) is 7.33. The third-order valence-electron chi connectivity index (χ3n) is 4.31. The molecule has 2 aliphatic carbocycles. The largest absolute Gasteiger partial charge is 0.266 e. The lowest BCUT2D eigenvalue weighted by molar-refractivity contribution is 0.216. The first-order chi connectivity index (χ1) is 10.5. The molecular formula is C18H16O3S. The fourth-order valence-corrected chi connectivity index (χ4v) is 4.05. The summed E-state index contributed by atoms with van der Waals surface area (Å²) < 4.78 is 28.0. The van der Waals surface area contributed by atoms with Crippen molar-refractivity contribution in [3.8, 4) is 0 Å². The SMILES string of the molecule is CS(=O)(=O)OC1CC=c2ccc3c4c(ccc3c2C1)=CC=C4. The molecule has 0 N–H and O–H groups in total. The van der Waals surface area contributed by atoms with E-state index in [1.165, 1.54) is 32.3 Å². The Morgan fingerprint density at radius 2 is 1.86 bits per heavy atom. The van der Waals surface area contributed by atoms with E-state index in [1.807, 2.05) is 0 Å². The lowest BCUT2D eigenvalue weighted by Crippen LogP contribution is -2.28. The van der Waals surface area contributed by atoms with Gasteiger partial charge in [-0.25, -0.2) is 0 Å². The van der Waals surface area contributed by atoms with Crippen LogP contribution in [0.15, 0.2) is 30.3 Å². The van der Waals surface area contributed by atoms with E-state index in [-0.39, 0.29) is 6.10 Å². The zero-order valence-electron chi connectivity index (χ0n) is 12.2. The standard InChI is InChI=1S/C18H16O3S/c1-22(19,20)21-14-8-5-13-7-9-16-15-4-2-3-12(15)6-10-17(16)18(13)11-14/h2-7,9-10,14H,8,11H2,1H3. The van der Waals surface area contributed by atoms with E-state index >= 15 is 0 Å². The third kappa shape index (κ3) is 2.28. The molecule has 0 saturated heterocycles. The van der Waals surface area contributed by atoms with E-state index in [2.05, 4.69) is 48.6 Å². The van der Waals surface area contributed by atoms with Crippen LogP contribution in [0.5, 0.6) is 0 Å². The van der Waals surface area contributed by atoms with Crippen LogP contribution in [0.3, 0.4) is 0 Å². The van der Waals surface area contributed by atoms with Crippen LogP contribution in [0.4, 0.5) is 0 Å². The monoisotopic (exact) mass is 312 g/mol. The van der Waals surface area contributed by atoms with Crippen LogP contribution in [-0.4, -0.2) is 20.8 Å². The maximum atomic E-state index is 11.4. The highest BCUT2D eigenvalue weighted by Crippen LogP contribution is 2.24. The van der Waals surface area contributed by atoms with Gasteiger partial charge >= 0.3 is 0 Å². The first-order valence-corrected chi connectivity index (χ1v) is 9.14. The van der Waals surface area contributed by atoms with Crippen molar-refractivity contribution in [1.29, 1.82) is 0 Å². The molecule has 112 valence electrons.